The van der Waals surface area contributed by atoms with E-state index in [1.165, 1.54) is 0 Å². The molecule has 0 amide bonds. The Morgan fingerprint density at radius 1 is 1.64 bits per heavy atom. The highest BCUT2D eigenvalue weighted by Gasteiger charge is 2.03. The fraction of sp³-hybridized carbons (Fsp3) is 0.600. The van der Waals surface area contributed by atoms with Crippen LogP contribution in [0.3, 0.4) is 0 Å². The van der Waals surface area contributed by atoms with Crippen molar-refractivity contribution in [2.75, 3.05) is 19.7 Å². The standard InChI is InChI=1S/C10H17NO3/c1-2-11-6-9(12)7-13-8-10-4-3-5-14-10/h3-5,9,11-12H,2,6-8H2,1H3. The number of aliphatic hydroxyl groups excluding tert-OH is 1. The second-order valence-corrected chi connectivity index (χ2v) is 3.06. The molecule has 1 aromatic rings. The lowest BCUT2D eigenvalue weighted by atomic mass is 10.4. The van der Waals surface area contributed by atoms with Crippen molar-refractivity contribution in [2.24, 2.45) is 0 Å². The summed E-state index contributed by atoms with van der Waals surface area (Å²) in [6.07, 6.45) is 1.15. The van der Waals surface area contributed by atoms with E-state index in [9.17, 15) is 5.11 Å². The molecule has 1 heterocycles. The van der Waals surface area contributed by atoms with Crippen LogP contribution in [0, 0.1) is 0 Å². The number of rotatable bonds is 7. The summed E-state index contributed by atoms with van der Waals surface area (Å²) in [5.41, 5.74) is 0. The highest BCUT2D eigenvalue weighted by Crippen LogP contribution is 2.01. The maximum absolute atomic E-state index is 9.39. The predicted octanol–water partition coefficient (Wildman–Crippen LogP) is 0.767. The fourth-order valence-electron chi connectivity index (χ4n) is 1.06. The quantitative estimate of drug-likeness (QED) is 0.681. The van der Waals surface area contributed by atoms with E-state index >= 15 is 0 Å². The molecule has 0 saturated carbocycles. The Kier molecular flexibility index (Phi) is 5.29. The maximum atomic E-state index is 9.39. The summed E-state index contributed by atoms with van der Waals surface area (Å²) in [5.74, 6) is 0.778. The zero-order chi connectivity index (χ0) is 10.2. The molecule has 1 rings (SSSR count). The van der Waals surface area contributed by atoms with Crippen LogP contribution in [0.5, 0.6) is 0 Å². The molecule has 4 heteroatoms. The summed E-state index contributed by atoms with van der Waals surface area (Å²) >= 11 is 0. The molecule has 0 radical (unpaired) electrons. The van der Waals surface area contributed by atoms with Gasteiger partial charge in [0.25, 0.3) is 0 Å². The van der Waals surface area contributed by atoms with Crippen molar-refractivity contribution in [3.8, 4) is 0 Å². The van der Waals surface area contributed by atoms with Crippen LogP contribution in [-0.4, -0.2) is 30.9 Å². The van der Waals surface area contributed by atoms with Gasteiger partial charge in [0.05, 0.1) is 19.0 Å². The van der Waals surface area contributed by atoms with Crippen molar-refractivity contribution in [2.45, 2.75) is 19.6 Å². The molecule has 1 aromatic heterocycles. The van der Waals surface area contributed by atoms with E-state index in [4.69, 9.17) is 9.15 Å². The molecule has 0 aliphatic carbocycles. The average Bonchev–Trinajstić information content (AvgIpc) is 2.67. The molecule has 1 unspecified atom stereocenters. The van der Waals surface area contributed by atoms with Crippen LogP contribution < -0.4 is 5.32 Å². The van der Waals surface area contributed by atoms with Gasteiger partial charge in [0, 0.05) is 6.54 Å². The summed E-state index contributed by atoms with van der Waals surface area (Å²) in [4.78, 5) is 0. The molecule has 2 N–H and O–H groups in total. The molecule has 14 heavy (non-hydrogen) atoms. The van der Waals surface area contributed by atoms with Crippen molar-refractivity contribution in [3.05, 3.63) is 24.2 Å². The topological polar surface area (TPSA) is 54.6 Å². The number of hydrogen-bond donors (Lipinski definition) is 2. The number of hydrogen-bond acceptors (Lipinski definition) is 4. The zero-order valence-electron chi connectivity index (χ0n) is 8.40. The van der Waals surface area contributed by atoms with Crippen molar-refractivity contribution in [1.29, 1.82) is 0 Å². The van der Waals surface area contributed by atoms with E-state index in [0.29, 0.717) is 19.8 Å². The van der Waals surface area contributed by atoms with Crippen molar-refractivity contribution < 1.29 is 14.3 Å². The van der Waals surface area contributed by atoms with Gasteiger partial charge in [-0.15, -0.1) is 0 Å². The van der Waals surface area contributed by atoms with Crippen LogP contribution >= 0.6 is 0 Å². The van der Waals surface area contributed by atoms with E-state index in [1.54, 1.807) is 6.26 Å². The molecule has 0 bridgehead atoms. The SMILES string of the molecule is CCNCC(O)COCc1ccco1. The number of ether oxygens (including phenoxy) is 1. The first kappa shape index (κ1) is 11.2. The highest BCUT2D eigenvalue weighted by atomic mass is 16.5. The first-order valence-electron chi connectivity index (χ1n) is 4.81. The molecule has 0 spiro atoms. The average molecular weight is 199 g/mol. The fourth-order valence-corrected chi connectivity index (χ4v) is 1.06. The molecule has 0 aliphatic rings. The van der Waals surface area contributed by atoms with Crippen LogP contribution in [0.2, 0.25) is 0 Å². The second-order valence-electron chi connectivity index (χ2n) is 3.06. The summed E-state index contributed by atoms with van der Waals surface area (Å²) in [5, 5.41) is 12.4. The van der Waals surface area contributed by atoms with Gasteiger partial charge in [0.1, 0.15) is 12.4 Å². The van der Waals surface area contributed by atoms with Crippen LogP contribution in [0.15, 0.2) is 22.8 Å². The Morgan fingerprint density at radius 3 is 3.14 bits per heavy atom. The lowest BCUT2D eigenvalue weighted by Gasteiger charge is -2.10. The number of furan rings is 1. The van der Waals surface area contributed by atoms with Gasteiger partial charge in [-0.25, -0.2) is 0 Å². The molecule has 4 nitrogen and oxygen atoms in total. The maximum Gasteiger partial charge on any atom is 0.129 e. The number of nitrogens with one attached hydrogen (secondary N) is 1. The van der Waals surface area contributed by atoms with Gasteiger partial charge in [0.15, 0.2) is 0 Å². The van der Waals surface area contributed by atoms with E-state index in [0.717, 1.165) is 12.3 Å². The molecule has 1 atom stereocenters. The van der Waals surface area contributed by atoms with Gasteiger partial charge in [-0.1, -0.05) is 6.92 Å². The molecular formula is C10H17NO3. The summed E-state index contributed by atoms with van der Waals surface area (Å²) < 4.78 is 10.3. The van der Waals surface area contributed by atoms with Gasteiger partial charge >= 0.3 is 0 Å². The zero-order valence-corrected chi connectivity index (χ0v) is 8.40. The van der Waals surface area contributed by atoms with Gasteiger partial charge in [-0.3, -0.25) is 0 Å². The van der Waals surface area contributed by atoms with Crippen molar-refractivity contribution in [1.82, 2.24) is 5.32 Å². The minimum atomic E-state index is -0.454. The van der Waals surface area contributed by atoms with E-state index in [1.807, 2.05) is 19.1 Å². The molecule has 0 aliphatic heterocycles. The number of aliphatic hydroxyl groups is 1. The molecule has 80 valence electrons. The predicted molar refractivity (Wildman–Crippen MR) is 52.9 cm³/mol. The lowest BCUT2D eigenvalue weighted by Crippen LogP contribution is -2.30. The monoisotopic (exact) mass is 199 g/mol. The van der Waals surface area contributed by atoms with Gasteiger partial charge < -0.3 is 19.6 Å². The van der Waals surface area contributed by atoms with Gasteiger partial charge in [-0.05, 0) is 18.7 Å². The summed E-state index contributed by atoms with van der Waals surface area (Å²) in [7, 11) is 0. The highest BCUT2D eigenvalue weighted by molar-refractivity contribution is 4.96. The molecule has 0 aromatic carbocycles. The summed E-state index contributed by atoms with van der Waals surface area (Å²) in [6.45, 7) is 4.16. The van der Waals surface area contributed by atoms with E-state index in [2.05, 4.69) is 5.32 Å². The van der Waals surface area contributed by atoms with E-state index < -0.39 is 6.10 Å². The Labute approximate surface area is 83.9 Å². The lowest BCUT2D eigenvalue weighted by molar-refractivity contribution is 0.0229. The second kappa shape index (κ2) is 6.59. The smallest absolute Gasteiger partial charge is 0.129 e. The van der Waals surface area contributed by atoms with Crippen LogP contribution in [0.25, 0.3) is 0 Å². The number of likely N-dealkylation sites (N-methyl/N-ethyl adjacent to an activating group) is 1. The Hall–Kier alpha value is -0.840. The van der Waals surface area contributed by atoms with Gasteiger partial charge in [-0.2, -0.15) is 0 Å². The normalized spacial score (nSPS) is 13.0. The Morgan fingerprint density at radius 2 is 2.50 bits per heavy atom. The molecule has 0 fully saturated rings. The summed E-state index contributed by atoms with van der Waals surface area (Å²) in [6, 6.07) is 3.66. The molecule has 0 saturated heterocycles. The Balaban J connectivity index is 2.03. The third-order valence-electron chi connectivity index (χ3n) is 1.76. The minimum absolute atomic E-state index is 0.327. The first-order valence-corrected chi connectivity index (χ1v) is 4.81. The first-order chi connectivity index (χ1) is 6.83. The molecular weight excluding hydrogens is 182 g/mol. The van der Waals surface area contributed by atoms with Crippen LogP contribution in [0.1, 0.15) is 12.7 Å². The third kappa shape index (κ3) is 4.41. The minimum Gasteiger partial charge on any atom is -0.467 e. The largest absolute Gasteiger partial charge is 0.467 e. The van der Waals surface area contributed by atoms with Crippen molar-refractivity contribution in [3.63, 3.8) is 0 Å². The van der Waals surface area contributed by atoms with Crippen LogP contribution in [0.4, 0.5) is 0 Å². The third-order valence-corrected chi connectivity index (χ3v) is 1.76. The van der Waals surface area contributed by atoms with Crippen molar-refractivity contribution >= 4 is 0 Å². The van der Waals surface area contributed by atoms with E-state index in [-0.39, 0.29) is 0 Å². The Bertz CT molecular complexity index is 223. The van der Waals surface area contributed by atoms with Gasteiger partial charge in [0.2, 0.25) is 0 Å². The van der Waals surface area contributed by atoms with Crippen LogP contribution in [-0.2, 0) is 11.3 Å².